The number of hydrogen-bond acceptors (Lipinski definition) is 3. The molecule has 0 unspecified atom stereocenters. The molecule has 0 saturated heterocycles. The van der Waals surface area contributed by atoms with Gasteiger partial charge < -0.3 is 4.52 Å². The summed E-state index contributed by atoms with van der Waals surface area (Å²) in [5.74, 6) is 0.844. The van der Waals surface area contributed by atoms with Crippen LogP contribution in [0.3, 0.4) is 0 Å². The van der Waals surface area contributed by atoms with E-state index < -0.39 is 5.91 Å². The Morgan fingerprint density at radius 2 is 2.50 bits per heavy atom. The van der Waals surface area contributed by atoms with Crippen molar-refractivity contribution in [2.45, 2.75) is 18.8 Å². The highest BCUT2D eigenvalue weighted by Crippen LogP contribution is 2.40. The first kappa shape index (κ1) is 7.21. The van der Waals surface area contributed by atoms with Crippen LogP contribution in [0.4, 0.5) is 0 Å². The van der Waals surface area contributed by atoms with Crippen LogP contribution < -0.4 is 0 Å². The zero-order valence-corrected chi connectivity index (χ0v) is 6.49. The van der Waals surface area contributed by atoms with Crippen molar-refractivity contribution in [1.82, 2.24) is 5.16 Å². The third-order valence-electron chi connectivity index (χ3n) is 1.87. The molecule has 0 spiro atoms. The van der Waals surface area contributed by atoms with Crippen molar-refractivity contribution < 1.29 is 9.32 Å². The highest BCUT2D eigenvalue weighted by Gasteiger charge is 2.28. The molecule has 0 aromatic carbocycles. The van der Waals surface area contributed by atoms with E-state index in [2.05, 4.69) is 16.9 Å². The van der Waals surface area contributed by atoms with Gasteiger partial charge in [0.15, 0.2) is 5.69 Å². The molecule has 1 fully saturated rings. The fraction of sp³-hybridized carbons (Fsp3) is 0.375. The maximum absolute atomic E-state index is 10.9. The predicted octanol–water partition coefficient (Wildman–Crippen LogP) is 1.39. The van der Waals surface area contributed by atoms with Gasteiger partial charge in [-0.15, -0.1) is 0 Å². The molecule has 1 aromatic heterocycles. The number of hydrogen-bond donors (Lipinski definition) is 0. The Hall–Kier alpha value is -1.45. The first-order chi connectivity index (χ1) is 5.81. The van der Waals surface area contributed by atoms with Gasteiger partial charge in [0.2, 0.25) is 0 Å². The Morgan fingerprint density at radius 3 is 3.08 bits per heavy atom. The second-order valence-electron chi connectivity index (χ2n) is 2.85. The number of aliphatic imine (C=N–C) groups is 1. The van der Waals surface area contributed by atoms with Crippen molar-refractivity contribution in [3.05, 3.63) is 17.5 Å². The number of rotatable bonds is 2. The second kappa shape index (κ2) is 2.55. The minimum Gasteiger partial charge on any atom is -0.360 e. The molecule has 0 N–H and O–H groups in total. The summed E-state index contributed by atoms with van der Waals surface area (Å²) in [4.78, 5) is 14.2. The van der Waals surface area contributed by atoms with Crippen molar-refractivity contribution in [2.24, 2.45) is 4.99 Å². The molecule has 1 aliphatic carbocycles. The third kappa shape index (κ3) is 1.15. The van der Waals surface area contributed by atoms with Crippen LogP contribution in [-0.4, -0.2) is 17.8 Å². The fourth-order valence-electron chi connectivity index (χ4n) is 1.03. The zero-order valence-electron chi connectivity index (χ0n) is 6.49. The molecule has 0 radical (unpaired) electrons. The summed E-state index contributed by atoms with van der Waals surface area (Å²) < 4.78 is 4.95. The monoisotopic (exact) mass is 164 g/mol. The van der Waals surface area contributed by atoms with Gasteiger partial charge in [-0.1, -0.05) is 5.16 Å². The number of carbonyl (C=O) groups excluding carboxylic acids is 1. The van der Waals surface area contributed by atoms with Gasteiger partial charge in [0.1, 0.15) is 5.76 Å². The summed E-state index contributed by atoms with van der Waals surface area (Å²) in [6.07, 6.45) is 2.26. The van der Waals surface area contributed by atoms with Gasteiger partial charge in [-0.2, -0.15) is 0 Å². The van der Waals surface area contributed by atoms with E-state index in [1.54, 1.807) is 6.07 Å². The van der Waals surface area contributed by atoms with Crippen LogP contribution in [0.5, 0.6) is 0 Å². The molecule has 4 heteroatoms. The third-order valence-corrected chi connectivity index (χ3v) is 1.87. The molecule has 1 saturated carbocycles. The molecule has 0 aliphatic heterocycles. The van der Waals surface area contributed by atoms with Crippen molar-refractivity contribution in [1.29, 1.82) is 0 Å². The molecule has 1 aliphatic rings. The molecule has 0 atom stereocenters. The normalized spacial score (nSPS) is 16.0. The lowest BCUT2D eigenvalue weighted by Gasteiger charge is -1.81. The Bertz CT molecular complexity index is 326. The molecule has 1 aromatic rings. The quantitative estimate of drug-likeness (QED) is 0.620. The number of nitrogens with zero attached hydrogens (tertiary/aromatic N) is 2. The fourth-order valence-corrected chi connectivity index (χ4v) is 1.03. The molecular weight excluding hydrogens is 156 g/mol. The van der Waals surface area contributed by atoms with E-state index in [1.165, 1.54) is 0 Å². The van der Waals surface area contributed by atoms with Crippen molar-refractivity contribution in [2.75, 3.05) is 0 Å². The Labute approximate surface area is 69.3 Å². The summed E-state index contributed by atoms with van der Waals surface area (Å²) >= 11 is 0. The Kier molecular flexibility index (Phi) is 1.53. The molecule has 1 heterocycles. The van der Waals surface area contributed by atoms with Gasteiger partial charge in [-0.3, -0.25) is 4.79 Å². The van der Waals surface area contributed by atoms with Crippen LogP contribution in [-0.2, 0) is 0 Å². The average molecular weight is 164 g/mol. The van der Waals surface area contributed by atoms with E-state index >= 15 is 0 Å². The standard InChI is InChI=1S/C8H8N2O2/c1-9-8(11)6-4-7(12-10-6)5-2-3-5/h4-5H,1-3H2. The SMILES string of the molecule is C=NC(=O)c1cc(C2CC2)on1. The van der Waals surface area contributed by atoms with Gasteiger partial charge in [-0.05, 0) is 19.6 Å². The first-order valence-electron chi connectivity index (χ1n) is 3.79. The van der Waals surface area contributed by atoms with Crippen LogP contribution in [0.2, 0.25) is 0 Å². The van der Waals surface area contributed by atoms with Gasteiger partial charge >= 0.3 is 0 Å². The van der Waals surface area contributed by atoms with E-state index in [-0.39, 0.29) is 5.69 Å². The molecule has 2 rings (SSSR count). The lowest BCUT2D eigenvalue weighted by molar-refractivity contribution is 0.0995. The molecule has 4 nitrogen and oxygen atoms in total. The van der Waals surface area contributed by atoms with Crippen LogP contribution >= 0.6 is 0 Å². The number of aromatic nitrogens is 1. The smallest absolute Gasteiger partial charge is 0.298 e. The summed E-state index contributed by atoms with van der Waals surface area (Å²) in [5, 5.41) is 3.59. The molecule has 1 amide bonds. The maximum Gasteiger partial charge on any atom is 0.298 e. The highest BCUT2D eigenvalue weighted by molar-refractivity contribution is 5.95. The summed E-state index contributed by atoms with van der Waals surface area (Å²) in [7, 11) is 0. The van der Waals surface area contributed by atoms with Gasteiger partial charge in [0.05, 0.1) is 0 Å². The lowest BCUT2D eigenvalue weighted by atomic mass is 10.3. The number of amides is 1. The minimum absolute atomic E-state index is 0.256. The summed E-state index contributed by atoms with van der Waals surface area (Å²) in [6, 6.07) is 1.65. The average Bonchev–Trinajstić information content (AvgIpc) is 2.83. The maximum atomic E-state index is 10.9. The molecule has 12 heavy (non-hydrogen) atoms. The van der Waals surface area contributed by atoms with Crippen LogP contribution in [0.25, 0.3) is 0 Å². The van der Waals surface area contributed by atoms with Gasteiger partial charge in [0, 0.05) is 12.0 Å². The Morgan fingerprint density at radius 1 is 1.75 bits per heavy atom. The lowest BCUT2D eigenvalue weighted by Crippen LogP contribution is -1.92. The van der Waals surface area contributed by atoms with Gasteiger partial charge in [-0.25, -0.2) is 4.99 Å². The van der Waals surface area contributed by atoms with Crippen LogP contribution in [0.15, 0.2) is 15.6 Å². The Balaban J connectivity index is 2.22. The zero-order chi connectivity index (χ0) is 8.55. The molecular formula is C8H8N2O2. The minimum atomic E-state index is -0.425. The van der Waals surface area contributed by atoms with Crippen LogP contribution in [0.1, 0.15) is 35.0 Å². The molecule has 62 valence electrons. The van der Waals surface area contributed by atoms with Crippen molar-refractivity contribution >= 4 is 12.6 Å². The van der Waals surface area contributed by atoms with Gasteiger partial charge in [0.25, 0.3) is 5.91 Å². The second-order valence-corrected chi connectivity index (χ2v) is 2.85. The highest BCUT2D eigenvalue weighted by atomic mass is 16.5. The van der Waals surface area contributed by atoms with Crippen molar-refractivity contribution in [3.8, 4) is 0 Å². The topological polar surface area (TPSA) is 55.5 Å². The van der Waals surface area contributed by atoms with E-state index in [0.29, 0.717) is 5.92 Å². The van der Waals surface area contributed by atoms with Crippen molar-refractivity contribution in [3.63, 3.8) is 0 Å². The summed E-state index contributed by atoms with van der Waals surface area (Å²) in [6.45, 7) is 3.13. The largest absolute Gasteiger partial charge is 0.360 e. The van der Waals surface area contributed by atoms with Crippen LogP contribution in [0, 0.1) is 0 Å². The first-order valence-corrected chi connectivity index (χ1v) is 3.79. The van der Waals surface area contributed by atoms with E-state index in [9.17, 15) is 4.79 Å². The predicted molar refractivity (Wildman–Crippen MR) is 42.4 cm³/mol. The summed E-state index contributed by atoms with van der Waals surface area (Å²) in [5.41, 5.74) is 0.256. The van der Waals surface area contributed by atoms with E-state index in [4.69, 9.17) is 4.52 Å². The van der Waals surface area contributed by atoms with E-state index in [1.807, 2.05) is 0 Å². The number of carbonyl (C=O) groups is 1. The molecule has 0 bridgehead atoms. The van der Waals surface area contributed by atoms with E-state index in [0.717, 1.165) is 18.6 Å².